The molecule has 1 unspecified atom stereocenters. The number of carbonyl (C=O) groups excluding carboxylic acids is 1. The Hall–Kier alpha value is -2.41. The van der Waals surface area contributed by atoms with Crippen molar-refractivity contribution in [3.05, 3.63) is 30.6 Å². The summed E-state index contributed by atoms with van der Waals surface area (Å²) in [6, 6.07) is 8.38. The number of anilines is 1. The minimum absolute atomic E-state index is 0.104. The van der Waals surface area contributed by atoms with E-state index in [1.165, 1.54) is 0 Å². The highest BCUT2D eigenvalue weighted by atomic mass is 16.5. The van der Waals surface area contributed by atoms with Gasteiger partial charge in [0.15, 0.2) is 0 Å². The average molecular weight is 355 g/mol. The number of amides is 2. The SMILES string of the molecule is CN(C(=O)N1CCOCC1)C1CCCN(c2ncnc3ccccc23)C1. The molecule has 0 N–H and O–H groups in total. The molecule has 0 spiro atoms. The van der Waals surface area contributed by atoms with Crippen molar-refractivity contribution in [2.75, 3.05) is 51.3 Å². The van der Waals surface area contributed by atoms with E-state index in [0.29, 0.717) is 26.3 Å². The number of benzene rings is 1. The maximum atomic E-state index is 12.8. The minimum atomic E-state index is 0.104. The quantitative estimate of drug-likeness (QED) is 0.824. The van der Waals surface area contributed by atoms with E-state index in [-0.39, 0.29) is 12.1 Å². The second-order valence-electron chi connectivity index (χ2n) is 6.95. The van der Waals surface area contributed by atoms with Crippen molar-refractivity contribution in [3.8, 4) is 0 Å². The molecule has 2 fully saturated rings. The number of carbonyl (C=O) groups is 1. The molecule has 2 aromatic rings. The minimum Gasteiger partial charge on any atom is -0.378 e. The highest BCUT2D eigenvalue weighted by molar-refractivity contribution is 5.89. The predicted molar refractivity (Wildman–Crippen MR) is 100 cm³/mol. The fourth-order valence-corrected chi connectivity index (χ4v) is 3.84. The van der Waals surface area contributed by atoms with Crippen molar-refractivity contribution in [2.24, 2.45) is 0 Å². The summed E-state index contributed by atoms with van der Waals surface area (Å²) in [6.45, 7) is 4.36. The largest absolute Gasteiger partial charge is 0.378 e. The highest BCUT2D eigenvalue weighted by Crippen LogP contribution is 2.26. The van der Waals surface area contributed by atoms with Crippen LogP contribution in [0.15, 0.2) is 30.6 Å². The Kier molecular flexibility index (Phi) is 4.88. The van der Waals surface area contributed by atoms with Gasteiger partial charge in [-0.05, 0) is 25.0 Å². The van der Waals surface area contributed by atoms with Crippen LogP contribution in [0.3, 0.4) is 0 Å². The monoisotopic (exact) mass is 355 g/mol. The number of ether oxygens (including phenoxy) is 1. The molecule has 0 bridgehead atoms. The Labute approximate surface area is 153 Å². The normalized spacial score (nSPS) is 21.0. The topological polar surface area (TPSA) is 61.8 Å². The maximum absolute atomic E-state index is 12.8. The number of aromatic nitrogens is 2. The molecule has 0 radical (unpaired) electrons. The van der Waals surface area contributed by atoms with Crippen molar-refractivity contribution >= 4 is 22.8 Å². The lowest BCUT2D eigenvalue weighted by molar-refractivity contribution is 0.0414. The zero-order chi connectivity index (χ0) is 17.9. The summed E-state index contributed by atoms with van der Waals surface area (Å²) in [5, 5.41) is 1.07. The van der Waals surface area contributed by atoms with Crippen LogP contribution in [0.25, 0.3) is 10.9 Å². The van der Waals surface area contributed by atoms with Crippen LogP contribution in [0.4, 0.5) is 10.6 Å². The number of morpholine rings is 1. The molecule has 4 rings (SSSR count). The first-order chi connectivity index (χ1) is 12.7. The van der Waals surface area contributed by atoms with Crippen molar-refractivity contribution in [3.63, 3.8) is 0 Å². The average Bonchev–Trinajstić information content (AvgIpc) is 2.73. The summed E-state index contributed by atoms with van der Waals surface area (Å²) < 4.78 is 5.36. The third-order valence-corrected chi connectivity index (χ3v) is 5.35. The number of piperidine rings is 1. The lowest BCUT2D eigenvalue weighted by Crippen LogP contribution is -2.54. The van der Waals surface area contributed by atoms with Crippen LogP contribution in [0.5, 0.6) is 0 Å². The Bertz CT molecular complexity index is 772. The van der Waals surface area contributed by atoms with Gasteiger partial charge < -0.3 is 19.4 Å². The maximum Gasteiger partial charge on any atom is 0.320 e. The standard InChI is InChI=1S/C19H25N5O2/c1-22(19(25)23-9-11-26-12-10-23)15-5-4-8-24(13-15)18-16-6-2-3-7-17(16)20-14-21-18/h2-3,6-7,14-15H,4-5,8-13H2,1H3. The van der Waals surface area contributed by atoms with E-state index >= 15 is 0 Å². The third-order valence-electron chi connectivity index (χ3n) is 5.35. The number of para-hydroxylation sites is 1. The zero-order valence-corrected chi connectivity index (χ0v) is 15.2. The van der Waals surface area contributed by atoms with Crippen molar-refractivity contribution in [2.45, 2.75) is 18.9 Å². The first-order valence-corrected chi connectivity index (χ1v) is 9.28. The van der Waals surface area contributed by atoms with Gasteiger partial charge in [-0.2, -0.15) is 0 Å². The van der Waals surface area contributed by atoms with E-state index < -0.39 is 0 Å². The molecule has 3 heterocycles. The summed E-state index contributed by atoms with van der Waals surface area (Å²) in [4.78, 5) is 27.8. The molecule has 0 saturated carbocycles. The molecule has 7 heteroatoms. The number of fused-ring (bicyclic) bond motifs is 1. The number of rotatable bonds is 2. The first-order valence-electron chi connectivity index (χ1n) is 9.28. The van der Waals surface area contributed by atoms with E-state index in [9.17, 15) is 4.79 Å². The molecule has 138 valence electrons. The fourth-order valence-electron chi connectivity index (χ4n) is 3.84. The third kappa shape index (κ3) is 3.31. The van der Waals surface area contributed by atoms with E-state index in [1.807, 2.05) is 35.0 Å². The summed E-state index contributed by atoms with van der Waals surface area (Å²) in [7, 11) is 1.92. The van der Waals surface area contributed by atoms with E-state index in [0.717, 1.165) is 42.7 Å². The Morgan fingerprint density at radius 1 is 1.19 bits per heavy atom. The number of hydrogen-bond acceptors (Lipinski definition) is 5. The lowest BCUT2D eigenvalue weighted by atomic mass is 10.0. The van der Waals surface area contributed by atoms with Gasteiger partial charge in [0.05, 0.1) is 24.8 Å². The van der Waals surface area contributed by atoms with Gasteiger partial charge >= 0.3 is 6.03 Å². The number of urea groups is 1. The van der Waals surface area contributed by atoms with Crippen LogP contribution in [0, 0.1) is 0 Å². The molecule has 1 aromatic carbocycles. The van der Waals surface area contributed by atoms with Gasteiger partial charge in [0.25, 0.3) is 0 Å². The molecule has 2 aliphatic rings. The van der Waals surface area contributed by atoms with Crippen LogP contribution < -0.4 is 4.90 Å². The molecule has 2 amide bonds. The fraction of sp³-hybridized carbons (Fsp3) is 0.526. The van der Waals surface area contributed by atoms with E-state index in [1.54, 1.807) is 6.33 Å². The molecule has 0 aliphatic carbocycles. The van der Waals surface area contributed by atoms with Crippen LogP contribution in [-0.4, -0.2) is 78.3 Å². The molecule has 1 atom stereocenters. The number of hydrogen-bond donors (Lipinski definition) is 0. The Morgan fingerprint density at radius 2 is 2.00 bits per heavy atom. The Morgan fingerprint density at radius 3 is 2.85 bits per heavy atom. The van der Waals surface area contributed by atoms with Gasteiger partial charge in [-0.25, -0.2) is 14.8 Å². The smallest absolute Gasteiger partial charge is 0.320 e. The van der Waals surface area contributed by atoms with Gasteiger partial charge in [0.1, 0.15) is 12.1 Å². The highest BCUT2D eigenvalue weighted by Gasteiger charge is 2.30. The van der Waals surface area contributed by atoms with Crippen LogP contribution in [0.1, 0.15) is 12.8 Å². The number of nitrogens with zero attached hydrogens (tertiary/aromatic N) is 5. The zero-order valence-electron chi connectivity index (χ0n) is 15.2. The molecule has 2 aliphatic heterocycles. The summed E-state index contributed by atoms with van der Waals surface area (Å²) in [5.74, 6) is 0.965. The van der Waals surface area contributed by atoms with Gasteiger partial charge in [-0.15, -0.1) is 0 Å². The van der Waals surface area contributed by atoms with E-state index in [4.69, 9.17) is 4.74 Å². The molecule has 1 aromatic heterocycles. The summed E-state index contributed by atoms with van der Waals surface area (Å²) in [5.41, 5.74) is 0.956. The van der Waals surface area contributed by atoms with Gasteiger partial charge in [-0.3, -0.25) is 0 Å². The molecule has 7 nitrogen and oxygen atoms in total. The van der Waals surface area contributed by atoms with Crippen LogP contribution in [-0.2, 0) is 4.74 Å². The Balaban J connectivity index is 1.51. The molecular weight excluding hydrogens is 330 g/mol. The van der Waals surface area contributed by atoms with Gasteiger partial charge in [0.2, 0.25) is 0 Å². The van der Waals surface area contributed by atoms with Gasteiger partial charge in [0, 0.05) is 38.6 Å². The predicted octanol–water partition coefficient (Wildman–Crippen LogP) is 1.98. The second kappa shape index (κ2) is 7.45. The van der Waals surface area contributed by atoms with Crippen molar-refractivity contribution in [1.82, 2.24) is 19.8 Å². The van der Waals surface area contributed by atoms with Crippen LogP contribution >= 0.6 is 0 Å². The molecule has 2 saturated heterocycles. The van der Waals surface area contributed by atoms with Crippen LogP contribution in [0.2, 0.25) is 0 Å². The second-order valence-corrected chi connectivity index (χ2v) is 6.95. The molecule has 26 heavy (non-hydrogen) atoms. The lowest BCUT2D eigenvalue weighted by Gasteiger charge is -2.40. The summed E-state index contributed by atoms with van der Waals surface area (Å²) >= 11 is 0. The molecular formula is C19H25N5O2. The summed E-state index contributed by atoms with van der Waals surface area (Å²) in [6.07, 6.45) is 3.69. The van der Waals surface area contributed by atoms with Gasteiger partial charge in [-0.1, -0.05) is 12.1 Å². The van der Waals surface area contributed by atoms with Crippen molar-refractivity contribution < 1.29 is 9.53 Å². The number of likely N-dealkylation sites (N-methyl/N-ethyl adjacent to an activating group) is 1. The van der Waals surface area contributed by atoms with E-state index in [2.05, 4.69) is 20.9 Å². The first kappa shape index (κ1) is 17.0. The van der Waals surface area contributed by atoms with Crippen molar-refractivity contribution in [1.29, 1.82) is 0 Å².